The number of Topliss-reactive ketones (excluding diaryl/α,β-unsaturated/α-hetero) is 1. The first-order chi connectivity index (χ1) is 12.0. The number of thiophene rings is 1. The number of amides is 1. The number of aliphatic hydroxyl groups excluding tert-OH is 1. The van der Waals surface area contributed by atoms with Crippen LogP contribution >= 0.6 is 22.7 Å². The van der Waals surface area contributed by atoms with Gasteiger partial charge in [-0.3, -0.25) is 9.59 Å². The zero-order valence-electron chi connectivity index (χ0n) is 14.4. The normalized spacial score (nSPS) is 17.6. The molecule has 25 heavy (non-hydrogen) atoms. The fraction of sp³-hybridized carbons (Fsp3) is 0.389. The third kappa shape index (κ3) is 3.14. The number of hydrogen-bond donors (Lipinski definition) is 1. The van der Waals surface area contributed by atoms with Crippen molar-refractivity contribution in [2.45, 2.75) is 39.7 Å². The van der Waals surface area contributed by atoms with Crippen LogP contribution < -0.4 is 0 Å². The number of rotatable bonds is 6. The quantitative estimate of drug-likeness (QED) is 0.767. The molecule has 1 aliphatic rings. The summed E-state index contributed by atoms with van der Waals surface area (Å²) < 4.78 is 0. The highest BCUT2D eigenvalue weighted by molar-refractivity contribution is 7.14. The van der Waals surface area contributed by atoms with E-state index in [1.165, 1.54) is 22.7 Å². The van der Waals surface area contributed by atoms with Crippen molar-refractivity contribution in [3.05, 3.63) is 49.3 Å². The molecule has 0 radical (unpaired) electrons. The number of unbranched alkanes of at least 4 members (excludes halogenated alkanes) is 1. The Morgan fingerprint density at radius 2 is 2.16 bits per heavy atom. The Hall–Kier alpha value is -1.99. The predicted molar refractivity (Wildman–Crippen MR) is 99.3 cm³/mol. The van der Waals surface area contributed by atoms with Crippen LogP contribution in [0.3, 0.4) is 0 Å². The van der Waals surface area contributed by atoms with E-state index in [0.717, 1.165) is 22.7 Å². The SMILES string of the molecule is CCCCN1C(=O)C(O)=C(C(=O)c2sc(C)nc2C)C1c1cccs1. The molecule has 1 amide bonds. The van der Waals surface area contributed by atoms with Gasteiger partial charge in [-0.05, 0) is 31.7 Å². The van der Waals surface area contributed by atoms with Crippen LogP contribution in [0.15, 0.2) is 28.8 Å². The van der Waals surface area contributed by atoms with Gasteiger partial charge in [0.1, 0.15) is 0 Å². The summed E-state index contributed by atoms with van der Waals surface area (Å²) in [6, 6.07) is 3.27. The first kappa shape index (κ1) is 17.8. The largest absolute Gasteiger partial charge is 0.503 e. The van der Waals surface area contributed by atoms with Gasteiger partial charge < -0.3 is 10.0 Å². The van der Waals surface area contributed by atoms with Crippen LogP contribution in [-0.2, 0) is 4.79 Å². The van der Waals surface area contributed by atoms with Crippen LogP contribution in [-0.4, -0.2) is 33.2 Å². The summed E-state index contributed by atoms with van der Waals surface area (Å²) >= 11 is 2.78. The van der Waals surface area contributed by atoms with Crippen LogP contribution in [0.5, 0.6) is 0 Å². The molecule has 0 aliphatic carbocycles. The molecule has 0 saturated heterocycles. The Bertz CT molecular complexity index is 837. The summed E-state index contributed by atoms with van der Waals surface area (Å²) in [6.07, 6.45) is 1.75. The number of aryl methyl sites for hydroxylation is 2. The lowest BCUT2D eigenvalue weighted by Crippen LogP contribution is -2.31. The van der Waals surface area contributed by atoms with Crippen LogP contribution in [0.4, 0.5) is 0 Å². The van der Waals surface area contributed by atoms with Gasteiger partial charge in [-0.15, -0.1) is 22.7 Å². The Balaban J connectivity index is 2.06. The van der Waals surface area contributed by atoms with E-state index in [1.807, 2.05) is 31.4 Å². The molecule has 2 aromatic rings. The molecule has 1 N–H and O–H groups in total. The van der Waals surface area contributed by atoms with Gasteiger partial charge >= 0.3 is 0 Å². The first-order valence-corrected chi connectivity index (χ1v) is 9.91. The molecular weight excluding hydrogens is 356 g/mol. The summed E-state index contributed by atoms with van der Waals surface area (Å²) in [5.74, 6) is -1.19. The standard InChI is InChI=1S/C18H20N2O3S2/c1-4-5-8-20-14(12-7-6-9-24-12)13(16(22)18(20)23)15(21)17-10(2)19-11(3)25-17/h6-7,9,14,22H,4-5,8H2,1-3H3. The molecule has 1 aliphatic heterocycles. The third-order valence-corrected chi connectivity index (χ3v) is 6.22. The molecule has 2 aromatic heterocycles. The second-order valence-corrected chi connectivity index (χ2v) is 8.19. The van der Waals surface area contributed by atoms with Crippen molar-refractivity contribution in [1.82, 2.24) is 9.88 Å². The highest BCUT2D eigenvalue weighted by Gasteiger charge is 2.44. The molecule has 0 saturated carbocycles. The van der Waals surface area contributed by atoms with Crippen molar-refractivity contribution in [3.8, 4) is 0 Å². The number of thiazole rings is 1. The van der Waals surface area contributed by atoms with Crippen molar-refractivity contribution < 1.29 is 14.7 Å². The fourth-order valence-corrected chi connectivity index (χ4v) is 4.77. The lowest BCUT2D eigenvalue weighted by Gasteiger charge is -2.25. The van der Waals surface area contributed by atoms with Gasteiger partial charge in [0.2, 0.25) is 5.78 Å². The molecule has 132 valence electrons. The summed E-state index contributed by atoms with van der Waals surface area (Å²) in [5.41, 5.74) is 0.812. The number of aliphatic hydroxyl groups is 1. The third-order valence-electron chi connectivity index (χ3n) is 4.22. The predicted octanol–water partition coefficient (Wildman–Crippen LogP) is 4.20. The van der Waals surface area contributed by atoms with Gasteiger partial charge in [0.05, 0.1) is 27.2 Å². The second-order valence-electron chi connectivity index (χ2n) is 6.01. The molecule has 1 unspecified atom stereocenters. The van der Waals surface area contributed by atoms with E-state index in [0.29, 0.717) is 17.1 Å². The second kappa shape index (κ2) is 7.09. The van der Waals surface area contributed by atoms with Crippen molar-refractivity contribution in [3.63, 3.8) is 0 Å². The maximum atomic E-state index is 13.1. The van der Waals surface area contributed by atoms with E-state index in [4.69, 9.17) is 0 Å². The minimum atomic E-state index is -0.520. The van der Waals surface area contributed by atoms with E-state index < -0.39 is 17.7 Å². The Kier molecular flexibility index (Phi) is 5.06. The lowest BCUT2D eigenvalue weighted by atomic mass is 10.00. The highest BCUT2D eigenvalue weighted by atomic mass is 32.1. The maximum Gasteiger partial charge on any atom is 0.290 e. The Labute approximate surface area is 154 Å². The smallest absolute Gasteiger partial charge is 0.290 e. The summed E-state index contributed by atoms with van der Waals surface area (Å²) in [4.78, 5) is 33.0. The molecule has 0 bridgehead atoms. The first-order valence-electron chi connectivity index (χ1n) is 8.21. The molecule has 7 heteroatoms. The Morgan fingerprint density at radius 1 is 1.40 bits per heavy atom. The fourth-order valence-electron chi connectivity index (χ4n) is 3.05. The van der Waals surface area contributed by atoms with Gasteiger partial charge in [-0.1, -0.05) is 19.4 Å². The maximum absolute atomic E-state index is 13.1. The van der Waals surface area contributed by atoms with Crippen LogP contribution in [0.1, 0.15) is 51.1 Å². The van der Waals surface area contributed by atoms with Crippen molar-refractivity contribution in [1.29, 1.82) is 0 Å². The van der Waals surface area contributed by atoms with Crippen LogP contribution in [0.2, 0.25) is 0 Å². The van der Waals surface area contributed by atoms with Crippen LogP contribution in [0.25, 0.3) is 0 Å². The Morgan fingerprint density at radius 3 is 2.72 bits per heavy atom. The molecular formula is C18H20N2O3S2. The molecule has 1 atom stereocenters. The average Bonchev–Trinajstić information content (AvgIpc) is 3.26. The molecule has 3 rings (SSSR count). The van der Waals surface area contributed by atoms with Crippen molar-refractivity contribution in [2.75, 3.05) is 6.54 Å². The van der Waals surface area contributed by atoms with Gasteiger partial charge in [0.25, 0.3) is 5.91 Å². The summed E-state index contributed by atoms with van der Waals surface area (Å²) in [6.45, 7) is 6.18. The molecule has 5 nitrogen and oxygen atoms in total. The van der Waals surface area contributed by atoms with E-state index >= 15 is 0 Å². The number of hydrogen-bond acceptors (Lipinski definition) is 6. The molecule has 0 aromatic carbocycles. The van der Waals surface area contributed by atoms with Gasteiger partial charge in [0.15, 0.2) is 5.76 Å². The minimum Gasteiger partial charge on any atom is -0.503 e. The van der Waals surface area contributed by atoms with E-state index in [1.54, 1.807) is 11.8 Å². The van der Waals surface area contributed by atoms with Crippen molar-refractivity contribution >= 4 is 34.4 Å². The number of carbonyl (C=O) groups is 2. The summed E-state index contributed by atoms with van der Waals surface area (Å²) in [5, 5.41) is 13.2. The minimum absolute atomic E-state index is 0.176. The van der Waals surface area contributed by atoms with E-state index in [9.17, 15) is 14.7 Å². The van der Waals surface area contributed by atoms with Crippen LogP contribution in [0, 0.1) is 13.8 Å². The van der Waals surface area contributed by atoms with E-state index in [-0.39, 0.29) is 11.4 Å². The van der Waals surface area contributed by atoms with Gasteiger partial charge in [-0.25, -0.2) is 4.98 Å². The lowest BCUT2D eigenvalue weighted by molar-refractivity contribution is -0.129. The average molecular weight is 377 g/mol. The molecule has 3 heterocycles. The number of ketones is 1. The molecule has 0 fully saturated rings. The monoisotopic (exact) mass is 376 g/mol. The number of carbonyl (C=O) groups excluding carboxylic acids is 2. The number of nitrogens with zero attached hydrogens (tertiary/aromatic N) is 2. The van der Waals surface area contributed by atoms with Gasteiger partial charge in [-0.2, -0.15) is 0 Å². The van der Waals surface area contributed by atoms with Gasteiger partial charge in [0, 0.05) is 11.4 Å². The number of aromatic nitrogens is 1. The zero-order chi connectivity index (χ0) is 18.1. The highest BCUT2D eigenvalue weighted by Crippen LogP contribution is 2.41. The topological polar surface area (TPSA) is 70.5 Å². The molecule has 0 spiro atoms. The van der Waals surface area contributed by atoms with Crippen molar-refractivity contribution in [2.24, 2.45) is 0 Å². The van der Waals surface area contributed by atoms with E-state index in [2.05, 4.69) is 4.98 Å². The summed E-state index contributed by atoms with van der Waals surface area (Å²) in [7, 11) is 0. The zero-order valence-corrected chi connectivity index (χ0v) is 16.0.